The van der Waals surface area contributed by atoms with Crippen LogP contribution in [0.2, 0.25) is 0 Å². The van der Waals surface area contributed by atoms with Crippen LogP contribution in [0.4, 0.5) is 0 Å². The molecule has 2 amide bonds. The summed E-state index contributed by atoms with van der Waals surface area (Å²) in [5.41, 5.74) is 1.48. The molecule has 0 heterocycles. The first-order chi connectivity index (χ1) is 10.6. The molecule has 4 nitrogen and oxygen atoms in total. The Kier molecular flexibility index (Phi) is 9.60. The van der Waals surface area contributed by atoms with Crippen molar-refractivity contribution in [1.82, 2.24) is 10.2 Å². The number of nitrogens with one attached hydrogen (secondary N) is 1. The Bertz CT molecular complexity index is 377. The highest BCUT2D eigenvalue weighted by Gasteiger charge is 2.11. The summed E-state index contributed by atoms with van der Waals surface area (Å²) in [4.78, 5) is 25.2. The number of allylic oxidation sites excluding steroid dienone is 1. The summed E-state index contributed by atoms with van der Waals surface area (Å²) in [5.74, 6) is 0.120. The van der Waals surface area contributed by atoms with Crippen molar-refractivity contribution >= 4 is 11.8 Å². The Hall–Kier alpha value is -1.32. The summed E-state index contributed by atoms with van der Waals surface area (Å²) in [6.45, 7) is 5.75. The predicted molar refractivity (Wildman–Crippen MR) is 90.6 cm³/mol. The number of amides is 2. The Morgan fingerprint density at radius 3 is 2.68 bits per heavy atom. The minimum absolute atomic E-state index is 0.0538. The van der Waals surface area contributed by atoms with Gasteiger partial charge in [-0.2, -0.15) is 0 Å². The van der Waals surface area contributed by atoms with Crippen molar-refractivity contribution < 1.29 is 9.59 Å². The second kappa shape index (κ2) is 11.3. The number of carbonyl (C=O) groups excluding carboxylic acids is 2. The average molecular weight is 308 g/mol. The molecule has 4 heteroatoms. The summed E-state index contributed by atoms with van der Waals surface area (Å²) in [6, 6.07) is 0. The molecule has 1 N–H and O–H groups in total. The van der Waals surface area contributed by atoms with Gasteiger partial charge in [-0.3, -0.25) is 9.59 Å². The van der Waals surface area contributed by atoms with Gasteiger partial charge in [0.25, 0.3) is 0 Å². The van der Waals surface area contributed by atoms with E-state index in [0.29, 0.717) is 13.0 Å². The average Bonchev–Trinajstić information content (AvgIpc) is 2.51. The van der Waals surface area contributed by atoms with Gasteiger partial charge in [-0.1, -0.05) is 31.4 Å². The van der Waals surface area contributed by atoms with Gasteiger partial charge in [0.05, 0.1) is 0 Å². The second-order valence-corrected chi connectivity index (χ2v) is 6.17. The van der Waals surface area contributed by atoms with Crippen LogP contribution >= 0.6 is 0 Å². The van der Waals surface area contributed by atoms with Crippen molar-refractivity contribution in [2.75, 3.05) is 19.6 Å². The molecule has 1 rings (SSSR count). The molecule has 0 radical (unpaired) electrons. The SMILES string of the molecule is CCCCCN(CCC(=O)NCCC1=CCCCC1)C(C)=O. The monoisotopic (exact) mass is 308 g/mol. The van der Waals surface area contributed by atoms with E-state index in [1.165, 1.54) is 31.3 Å². The Labute approximate surface area is 135 Å². The number of hydrogen-bond donors (Lipinski definition) is 1. The van der Waals surface area contributed by atoms with Gasteiger partial charge in [0.2, 0.25) is 11.8 Å². The van der Waals surface area contributed by atoms with Gasteiger partial charge < -0.3 is 10.2 Å². The van der Waals surface area contributed by atoms with Gasteiger partial charge in [0, 0.05) is 33.0 Å². The zero-order chi connectivity index (χ0) is 16.2. The third-order valence-corrected chi connectivity index (χ3v) is 4.24. The first-order valence-electron chi connectivity index (χ1n) is 8.83. The summed E-state index contributed by atoms with van der Waals surface area (Å²) < 4.78 is 0. The lowest BCUT2D eigenvalue weighted by Gasteiger charge is -2.20. The van der Waals surface area contributed by atoms with Crippen LogP contribution in [0.1, 0.15) is 71.6 Å². The lowest BCUT2D eigenvalue weighted by atomic mass is 9.97. The smallest absolute Gasteiger partial charge is 0.221 e. The van der Waals surface area contributed by atoms with E-state index >= 15 is 0 Å². The lowest BCUT2D eigenvalue weighted by molar-refractivity contribution is -0.129. The van der Waals surface area contributed by atoms with E-state index < -0.39 is 0 Å². The molecule has 22 heavy (non-hydrogen) atoms. The van der Waals surface area contributed by atoms with Crippen LogP contribution in [-0.4, -0.2) is 36.3 Å². The van der Waals surface area contributed by atoms with Crippen molar-refractivity contribution in [3.05, 3.63) is 11.6 Å². The fourth-order valence-corrected chi connectivity index (χ4v) is 2.80. The third kappa shape index (κ3) is 8.20. The molecule has 1 aliphatic carbocycles. The molecular formula is C18H32N2O2. The Balaban J connectivity index is 2.16. The van der Waals surface area contributed by atoms with E-state index in [4.69, 9.17) is 0 Å². The highest BCUT2D eigenvalue weighted by Crippen LogP contribution is 2.19. The fourth-order valence-electron chi connectivity index (χ4n) is 2.80. The molecule has 126 valence electrons. The molecule has 0 spiro atoms. The second-order valence-electron chi connectivity index (χ2n) is 6.17. The molecule has 0 unspecified atom stereocenters. The van der Waals surface area contributed by atoms with Crippen LogP contribution in [-0.2, 0) is 9.59 Å². The van der Waals surface area contributed by atoms with Crippen LogP contribution in [0.15, 0.2) is 11.6 Å². The van der Waals surface area contributed by atoms with E-state index in [-0.39, 0.29) is 11.8 Å². The maximum Gasteiger partial charge on any atom is 0.221 e. The van der Waals surface area contributed by atoms with Gasteiger partial charge in [-0.05, 0) is 38.5 Å². The maximum absolute atomic E-state index is 11.9. The van der Waals surface area contributed by atoms with E-state index in [1.807, 2.05) is 0 Å². The number of rotatable bonds is 10. The fraction of sp³-hybridized carbons (Fsp3) is 0.778. The van der Waals surface area contributed by atoms with Crippen molar-refractivity contribution in [2.45, 2.75) is 71.6 Å². The van der Waals surface area contributed by atoms with Gasteiger partial charge in [-0.15, -0.1) is 0 Å². The molecule has 0 aromatic carbocycles. The molecular weight excluding hydrogens is 276 g/mol. The van der Waals surface area contributed by atoms with Crippen molar-refractivity contribution in [3.63, 3.8) is 0 Å². The molecule has 0 saturated carbocycles. The van der Waals surface area contributed by atoms with Gasteiger partial charge in [-0.25, -0.2) is 0 Å². The molecule has 0 aliphatic heterocycles. The minimum atomic E-state index is 0.0538. The van der Waals surface area contributed by atoms with Crippen LogP contribution in [0.25, 0.3) is 0 Å². The molecule has 0 aromatic rings. The summed E-state index contributed by atoms with van der Waals surface area (Å²) in [5, 5.41) is 2.97. The topological polar surface area (TPSA) is 49.4 Å². The van der Waals surface area contributed by atoms with Crippen LogP contribution in [0.3, 0.4) is 0 Å². The summed E-state index contributed by atoms with van der Waals surface area (Å²) in [6.07, 6.45) is 11.9. The molecule has 0 bridgehead atoms. The third-order valence-electron chi connectivity index (χ3n) is 4.24. The molecule has 0 atom stereocenters. The van der Waals surface area contributed by atoms with Crippen LogP contribution in [0, 0.1) is 0 Å². The molecule has 0 aromatic heterocycles. The highest BCUT2D eigenvalue weighted by atomic mass is 16.2. The van der Waals surface area contributed by atoms with Gasteiger partial charge >= 0.3 is 0 Å². The Morgan fingerprint density at radius 1 is 1.23 bits per heavy atom. The molecule has 1 aliphatic rings. The Morgan fingerprint density at radius 2 is 2.05 bits per heavy atom. The zero-order valence-corrected chi connectivity index (χ0v) is 14.3. The van der Waals surface area contributed by atoms with Crippen molar-refractivity contribution in [3.8, 4) is 0 Å². The summed E-state index contributed by atoms with van der Waals surface area (Å²) >= 11 is 0. The van der Waals surface area contributed by atoms with Gasteiger partial charge in [0.1, 0.15) is 0 Å². The van der Waals surface area contributed by atoms with Crippen molar-refractivity contribution in [1.29, 1.82) is 0 Å². The highest BCUT2D eigenvalue weighted by molar-refractivity contribution is 5.78. The minimum Gasteiger partial charge on any atom is -0.356 e. The lowest BCUT2D eigenvalue weighted by Crippen LogP contribution is -2.34. The largest absolute Gasteiger partial charge is 0.356 e. The standard InChI is InChI=1S/C18H32N2O2/c1-3-4-8-14-20(16(2)21)15-12-18(22)19-13-11-17-9-6-5-7-10-17/h9H,3-8,10-15H2,1-2H3,(H,19,22). The molecule has 0 fully saturated rings. The quantitative estimate of drug-likeness (QED) is 0.496. The van der Waals surface area contributed by atoms with E-state index in [9.17, 15) is 9.59 Å². The van der Waals surface area contributed by atoms with E-state index in [1.54, 1.807) is 11.8 Å². The van der Waals surface area contributed by atoms with Crippen LogP contribution in [0.5, 0.6) is 0 Å². The molecule has 0 saturated heterocycles. The maximum atomic E-state index is 11.9. The van der Waals surface area contributed by atoms with Gasteiger partial charge in [0.15, 0.2) is 0 Å². The zero-order valence-electron chi connectivity index (χ0n) is 14.3. The normalized spacial score (nSPS) is 14.4. The number of hydrogen-bond acceptors (Lipinski definition) is 2. The predicted octanol–water partition coefficient (Wildman–Crippen LogP) is 3.42. The van der Waals surface area contributed by atoms with E-state index in [2.05, 4.69) is 18.3 Å². The number of unbranched alkanes of at least 4 members (excludes halogenated alkanes) is 2. The first kappa shape index (κ1) is 18.7. The van der Waals surface area contributed by atoms with Crippen molar-refractivity contribution in [2.24, 2.45) is 0 Å². The number of carbonyl (C=O) groups is 2. The van der Waals surface area contributed by atoms with Crippen LogP contribution < -0.4 is 5.32 Å². The summed E-state index contributed by atoms with van der Waals surface area (Å²) in [7, 11) is 0. The van der Waals surface area contributed by atoms with E-state index in [0.717, 1.165) is 38.8 Å². The first-order valence-corrected chi connectivity index (χ1v) is 8.83. The number of nitrogens with zero attached hydrogens (tertiary/aromatic N) is 1.